The number of fused-ring (bicyclic) bond motifs is 1. The van der Waals surface area contributed by atoms with Crippen molar-refractivity contribution in [3.05, 3.63) is 35.4 Å². The van der Waals surface area contributed by atoms with Crippen LogP contribution in [0.3, 0.4) is 0 Å². The zero-order chi connectivity index (χ0) is 15.9. The number of nitrogens with two attached hydrogens (primary N) is 1. The third-order valence-electron chi connectivity index (χ3n) is 5.15. The molecule has 5 nitrogen and oxygen atoms in total. The third-order valence-corrected chi connectivity index (χ3v) is 5.15. The van der Waals surface area contributed by atoms with Crippen LogP contribution in [0.25, 0.3) is 0 Å². The van der Waals surface area contributed by atoms with E-state index in [1.807, 2.05) is 6.92 Å². The molecule has 1 atom stereocenters. The average molecular weight is 300 g/mol. The molecule has 0 saturated heterocycles. The number of carbonyl (C=O) groups excluding carboxylic acids is 3. The molecule has 0 radical (unpaired) electrons. The van der Waals surface area contributed by atoms with Gasteiger partial charge in [0.2, 0.25) is 5.91 Å². The summed E-state index contributed by atoms with van der Waals surface area (Å²) in [6, 6.07) is 6.35. The Bertz CT molecular complexity index is 612. The normalized spacial score (nSPS) is 21.0. The van der Waals surface area contributed by atoms with E-state index in [2.05, 4.69) is 0 Å². The Labute approximate surface area is 129 Å². The molecule has 22 heavy (non-hydrogen) atoms. The zero-order valence-corrected chi connectivity index (χ0v) is 12.7. The monoisotopic (exact) mass is 300 g/mol. The highest BCUT2D eigenvalue weighted by Gasteiger charge is 2.52. The van der Waals surface area contributed by atoms with Gasteiger partial charge in [0.15, 0.2) is 0 Å². The number of imide groups is 1. The molecule has 5 heteroatoms. The lowest BCUT2D eigenvalue weighted by Gasteiger charge is -2.39. The van der Waals surface area contributed by atoms with E-state index < -0.39 is 17.4 Å². The van der Waals surface area contributed by atoms with Crippen molar-refractivity contribution in [3.8, 4) is 0 Å². The number of amides is 3. The van der Waals surface area contributed by atoms with E-state index in [1.165, 1.54) is 4.90 Å². The van der Waals surface area contributed by atoms with Crippen molar-refractivity contribution in [1.29, 1.82) is 0 Å². The van der Waals surface area contributed by atoms with Gasteiger partial charge in [-0.05, 0) is 31.4 Å². The second-order valence-electron chi connectivity index (χ2n) is 6.18. The molecular formula is C17H20N2O3. The lowest BCUT2D eigenvalue weighted by atomic mass is 9.75. The summed E-state index contributed by atoms with van der Waals surface area (Å²) >= 11 is 0. The smallest absolute Gasteiger partial charge is 0.261 e. The van der Waals surface area contributed by atoms with Crippen molar-refractivity contribution >= 4 is 17.7 Å². The summed E-state index contributed by atoms with van der Waals surface area (Å²) in [6.45, 7) is 1.90. The van der Waals surface area contributed by atoms with E-state index in [1.54, 1.807) is 24.3 Å². The van der Waals surface area contributed by atoms with Crippen LogP contribution in [-0.2, 0) is 4.79 Å². The summed E-state index contributed by atoms with van der Waals surface area (Å²) in [7, 11) is 0. The molecule has 116 valence electrons. The third kappa shape index (κ3) is 1.88. The Hall–Kier alpha value is -2.17. The standard InChI is InChI=1S/C17H20N2O3/c1-2-13(17(16(18)22)9-5-6-10-17)19-14(20)11-7-3-4-8-12(11)15(19)21/h3-4,7-8,13H,2,5-6,9-10H2,1H3,(H2,18,22). The fourth-order valence-electron chi connectivity index (χ4n) is 4.06. The van der Waals surface area contributed by atoms with Gasteiger partial charge in [0, 0.05) is 0 Å². The van der Waals surface area contributed by atoms with Gasteiger partial charge in [-0.1, -0.05) is 31.9 Å². The first-order valence-electron chi connectivity index (χ1n) is 7.79. The van der Waals surface area contributed by atoms with E-state index in [0.717, 1.165) is 12.8 Å². The van der Waals surface area contributed by atoms with Gasteiger partial charge in [-0.2, -0.15) is 0 Å². The lowest BCUT2D eigenvalue weighted by molar-refractivity contribution is -0.130. The number of hydrogen-bond donors (Lipinski definition) is 1. The minimum absolute atomic E-state index is 0.306. The van der Waals surface area contributed by atoms with Crippen LogP contribution in [0.15, 0.2) is 24.3 Å². The van der Waals surface area contributed by atoms with Crippen molar-refractivity contribution in [2.45, 2.75) is 45.1 Å². The second-order valence-corrected chi connectivity index (χ2v) is 6.18. The first-order valence-corrected chi connectivity index (χ1v) is 7.79. The number of benzene rings is 1. The first-order chi connectivity index (χ1) is 10.5. The van der Waals surface area contributed by atoms with Crippen molar-refractivity contribution in [1.82, 2.24) is 4.90 Å². The molecule has 1 unspecified atom stereocenters. The predicted octanol–water partition coefficient (Wildman–Crippen LogP) is 2.11. The lowest BCUT2D eigenvalue weighted by Crippen LogP contribution is -2.54. The van der Waals surface area contributed by atoms with Crippen LogP contribution in [0.2, 0.25) is 0 Å². The number of hydrogen-bond acceptors (Lipinski definition) is 3. The van der Waals surface area contributed by atoms with Crippen molar-refractivity contribution in [2.24, 2.45) is 11.1 Å². The maximum absolute atomic E-state index is 12.7. The first kappa shape index (κ1) is 14.8. The Morgan fingerprint density at radius 3 is 2.09 bits per heavy atom. The van der Waals surface area contributed by atoms with Crippen LogP contribution in [0.4, 0.5) is 0 Å². The van der Waals surface area contributed by atoms with E-state index in [-0.39, 0.29) is 11.8 Å². The fourth-order valence-corrected chi connectivity index (χ4v) is 4.06. The number of primary amides is 1. The van der Waals surface area contributed by atoms with Crippen LogP contribution >= 0.6 is 0 Å². The molecule has 1 fully saturated rings. The minimum Gasteiger partial charge on any atom is -0.369 e. The summed E-state index contributed by atoms with van der Waals surface area (Å²) in [4.78, 5) is 38.8. The molecule has 2 aliphatic rings. The summed E-state index contributed by atoms with van der Waals surface area (Å²) in [6.07, 6.45) is 3.64. The molecule has 1 aliphatic heterocycles. The second kappa shape index (κ2) is 5.23. The van der Waals surface area contributed by atoms with E-state index >= 15 is 0 Å². The van der Waals surface area contributed by atoms with Gasteiger partial charge in [0.05, 0.1) is 22.6 Å². The largest absolute Gasteiger partial charge is 0.369 e. The highest BCUT2D eigenvalue weighted by atomic mass is 16.2. The highest BCUT2D eigenvalue weighted by Crippen LogP contribution is 2.45. The molecule has 0 bridgehead atoms. The van der Waals surface area contributed by atoms with Gasteiger partial charge in [0.25, 0.3) is 11.8 Å². The van der Waals surface area contributed by atoms with Gasteiger partial charge >= 0.3 is 0 Å². The summed E-state index contributed by atoms with van der Waals surface area (Å²) in [5, 5.41) is 0. The van der Waals surface area contributed by atoms with Gasteiger partial charge in [-0.25, -0.2) is 0 Å². The van der Waals surface area contributed by atoms with Gasteiger partial charge < -0.3 is 5.73 Å². The molecule has 1 aliphatic carbocycles. The molecule has 1 saturated carbocycles. The Kier molecular flexibility index (Phi) is 3.51. The molecule has 1 aromatic carbocycles. The van der Waals surface area contributed by atoms with E-state index in [9.17, 15) is 14.4 Å². The fraction of sp³-hybridized carbons (Fsp3) is 0.471. The number of rotatable bonds is 4. The van der Waals surface area contributed by atoms with Crippen LogP contribution in [0.1, 0.15) is 59.7 Å². The number of carbonyl (C=O) groups is 3. The molecular weight excluding hydrogens is 280 g/mol. The van der Waals surface area contributed by atoms with Crippen LogP contribution in [0, 0.1) is 5.41 Å². The summed E-state index contributed by atoms with van der Waals surface area (Å²) in [5.41, 5.74) is 5.75. The molecule has 0 spiro atoms. The number of nitrogens with zero attached hydrogens (tertiary/aromatic N) is 1. The topological polar surface area (TPSA) is 80.5 Å². The highest BCUT2D eigenvalue weighted by molar-refractivity contribution is 6.21. The molecule has 1 heterocycles. The Balaban J connectivity index is 2.04. The van der Waals surface area contributed by atoms with Crippen LogP contribution in [-0.4, -0.2) is 28.7 Å². The summed E-state index contributed by atoms with van der Waals surface area (Å²) in [5.74, 6) is -1.01. The van der Waals surface area contributed by atoms with E-state index in [4.69, 9.17) is 5.73 Å². The minimum atomic E-state index is -0.776. The predicted molar refractivity (Wildman–Crippen MR) is 81.1 cm³/mol. The molecule has 3 rings (SSSR count). The van der Waals surface area contributed by atoms with E-state index in [0.29, 0.717) is 30.4 Å². The van der Waals surface area contributed by atoms with Gasteiger partial charge in [-0.15, -0.1) is 0 Å². The molecule has 0 aromatic heterocycles. The van der Waals surface area contributed by atoms with Crippen molar-refractivity contribution < 1.29 is 14.4 Å². The van der Waals surface area contributed by atoms with Crippen molar-refractivity contribution in [3.63, 3.8) is 0 Å². The SMILES string of the molecule is CCC(N1C(=O)c2ccccc2C1=O)C1(C(N)=O)CCCC1. The van der Waals surface area contributed by atoms with Crippen LogP contribution < -0.4 is 5.73 Å². The van der Waals surface area contributed by atoms with Gasteiger partial charge in [-0.3, -0.25) is 19.3 Å². The molecule has 3 amide bonds. The van der Waals surface area contributed by atoms with Gasteiger partial charge in [0.1, 0.15) is 0 Å². The van der Waals surface area contributed by atoms with Crippen LogP contribution in [0.5, 0.6) is 0 Å². The Morgan fingerprint density at radius 1 is 1.18 bits per heavy atom. The van der Waals surface area contributed by atoms with Crippen molar-refractivity contribution in [2.75, 3.05) is 0 Å². The quantitative estimate of drug-likeness (QED) is 0.865. The summed E-state index contributed by atoms with van der Waals surface area (Å²) < 4.78 is 0. The maximum atomic E-state index is 12.7. The molecule has 1 aromatic rings. The zero-order valence-electron chi connectivity index (χ0n) is 12.7. The average Bonchev–Trinajstić information content (AvgIpc) is 3.09. The Morgan fingerprint density at radius 2 is 1.68 bits per heavy atom. The maximum Gasteiger partial charge on any atom is 0.261 e. The molecule has 2 N–H and O–H groups in total.